The second-order valence-electron chi connectivity index (χ2n) is 7.59. The molecule has 0 fully saturated rings. The predicted octanol–water partition coefficient (Wildman–Crippen LogP) is 5.45. The van der Waals surface area contributed by atoms with Crippen molar-refractivity contribution in [1.29, 1.82) is 0 Å². The van der Waals surface area contributed by atoms with Crippen LogP contribution in [0.4, 0.5) is 11.4 Å². The van der Waals surface area contributed by atoms with Gasteiger partial charge in [-0.05, 0) is 52.0 Å². The normalized spacial score (nSPS) is 11.3. The van der Waals surface area contributed by atoms with Gasteiger partial charge in [0.25, 0.3) is 11.8 Å². The third-order valence-electron chi connectivity index (χ3n) is 4.93. The molecule has 0 heterocycles. The van der Waals surface area contributed by atoms with Crippen molar-refractivity contribution in [3.8, 4) is 17.2 Å². The molecule has 34 heavy (non-hydrogen) atoms. The van der Waals surface area contributed by atoms with E-state index in [9.17, 15) is 9.59 Å². The lowest BCUT2D eigenvalue weighted by Gasteiger charge is -2.19. The van der Waals surface area contributed by atoms with Crippen molar-refractivity contribution in [2.45, 2.75) is 33.8 Å². The molecule has 7 heteroatoms. The Labute approximate surface area is 200 Å². The van der Waals surface area contributed by atoms with Gasteiger partial charge in [0.2, 0.25) is 0 Å². The van der Waals surface area contributed by atoms with Gasteiger partial charge in [-0.1, -0.05) is 35.9 Å². The molecule has 7 nitrogen and oxygen atoms in total. The Morgan fingerprint density at radius 3 is 1.94 bits per heavy atom. The molecule has 0 aliphatic carbocycles. The van der Waals surface area contributed by atoms with Crippen molar-refractivity contribution in [3.05, 3.63) is 77.9 Å². The Morgan fingerprint density at radius 1 is 0.824 bits per heavy atom. The van der Waals surface area contributed by atoms with Gasteiger partial charge in [0.05, 0.1) is 24.6 Å². The number of rotatable bonds is 10. The lowest BCUT2D eigenvalue weighted by Crippen LogP contribution is -2.30. The van der Waals surface area contributed by atoms with E-state index in [0.29, 0.717) is 47.4 Å². The summed E-state index contributed by atoms with van der Waals surface area (Å²) in [7, 11) is 0. The fourth-order valence-corrected chi connectivity index (χ4v) is 3.20. The van der Waals surface area contributed by atoms with Crippen LogP contribution in [0.15, 0.2) is 66.7 Å². The zero-order valence-electron chi connectivity index (χ0n) is 19.9. The maximum atomic E-state index is 12.9. The van der Waals surface area contributed by atoms with Crippen molar-refractivity contribution in [3.63, 3.8) is 0 Å². The molecule has 3 aromatic rings. The van der Waals surface area contributed by atoms with Gasteiger partial charge in [0.1, 0.15) is 17.2 Å². The summed E-state index contributed by atoms with van der Waals surface area (Å²) in [5.41, 5.74) is 2.49. The molecule has 0 aliphatic rings. The van der Waals surface area contributed by atoms with Crippen LogP contribution < -0.4 is 24.8 Å². The minimum atomic E-state index is -0.745. The van der Waals surface area contributed by atoms with Crippen LogP contribution in [0.5, 0.6) is 17.2 Å². The van der Waals surface area contributed by atoms with E-state index in [1.54, 1.807) is 43.3 Å². The molecule has 178 valence electrons. The van der Waals surface area contributed by atoms with Gasteiger partial charge in [-0.3, -0.25) is 9.59 Å². The van der Waals surface area contributed by atoms with Crippen molar-refractivity contribution in [1.82, 2.24) is 0 Å². The van der Waals surface area contributed by atoms with Crippen LogP contribution in [0.1, 0.15) is 36.7 Å². The van der Waals surface area contributed by atoms with Crippen molar-refractivity contribution < 1.29 is 23.8 Å². The molecule has 0 radical (unpaired) electrons. The summed E-state index contributed by atoms with van der Waals surface area (Å²) in [6.45, 7) is 8.09. The largest absolute Gasteiger partial charge is 0.492 e. The van der Waals surface area contributed by atoms with Gasteiger partial charge in [-0.25, -0.2) is 0 Å². The van der Waals surface area contributed by atoms with Crippen molar-refractivity contribution in [2.24, 2.45) is 0 Å². The summed E-state index contributed by atoms with van der Waals surface area (Å²) in [5, 5.41) is 5.73. The van der Waals surface area contributed by atoms with E-state index >= 15 is 0 Å². The minimum Gasteiger partial charge on any atom is -0.492 e. The lowest BCUT2D eigenvalue weighted by molar-refractivity contribution is -0.122. The number of nitrogens with one attached hydrogen (secondary N) is 2. The van der Waals surface area contributed by atoms with Crippen molar-refractivity contribution in [2.75, 3.05) is 23.8 Å². The topological polar surface area (TPSA) is 85.9 Å². The monoisotopic (exact) mass is 462 g/mol. The zero-order valence-corrected chi connectivity index (χ0v) is 19.9. The fraction of sp³-hybridized carbons (Fsp3) is 0.259. The van der Waals surface area contributed by atoms with Crippen LogP contribution in [-0.4, -0.2) is 31.1 Å². The summed E-state index contributed by atoms with van der Waals surface area (Å²) in [6, 6.07) is 19.7. The third-order valence-corrected chi connectivity index (χ3v) is 4.93. The number of amides is 2. The minimum absolute atomic E-state index is 0.277. The highest BCUT2D eigenvalue weighted by atomic mass is 16.5. The first-order valence-electron chi connectivity index (χ1n) is 11.3. The second kappa shape index (κ2) is 11.7. The lowest BCUT2D eigenvalue weighted by atomic mass is 10.2. The van der Waals surface area contributed by atoms with E-state index in [0.717, 1.165) is 5.56 Å². The van der Waals surface area contributed by atoms with Gasteiger partial charge in [-0.15, -0.1) is 0 Å². The van der Waals surface area contributed by atoms with Crippen LogP contribution >= 0.6 is 0 Å². The zero-order chi connectivity index (χ0) is 24.5. The highest BCUT2D eigenvalue weighted by Gasteiger charge is 2.20. The molecule has 0 saturated carbocycles. The first-order chi connectivity index (χ1) is 16.4. The first-order valence-corrected chi connectivity index (χ1v) is 11.3. The number of hydrogen-bond donors (Lipinski definition) is 2. The summed E-state index contributed by atoms with van der Waals surface area (Å²) in [4.78, 5) is 25.5. The number of hydrogen-bond acceptors (Lipinski definition) is 5. The molecule has 3 rings (SSSR count). The maximum absolute atomic E-state index is 12.9. The SMILES string of the molecule is CCOc1cc(NC(=O)C(C)Oc2ccc(C)cc2)c(OCC)cc1NC(=O)c1ccccc1. The molecule has 0 aliphatic heterocycles. The van der Waals surface area contributed by atoms with E-state index < -0.39 is 6.10 Å². The molecule has 1 unspecified atom stereocenters. The van der Waals surface area contributed by atoms with Gasteiger partial charge in [0.15, 0.2) is 6.10 Å². The van der Waals surface area contributed by atoms with Crippen molar-refractivity contribution >= 4 is 23.2 Å². The summed E-state index contributed by atoms with van der Waals surface area (Å²) in [5.74, 6) is 0.807. The van der Waals surface area contributed by atoms with Crippen LogP contribution in [0.2, 0.25) is 0 Å². The maximum Gasteiger partial charge on any atom is 0.265 e. The molecular weight excluding hydrogens is 432 g/mol. The summed E-state index contributed by atoms with van der Waals surface area (Å²) < 4.78 is 17.3. The Morgan fingerprint density at radius 2 is 1.38 bits per heavy atom. The molecule has 2 N–H and O–H groups in total. The molecule has 0 aromatic heterocycles. The number of anilines is 2. The van der Waals surface area contributed by atoms with E-state index in [-0.39, 0.29) is 11.8 Å². The Kier molecular flexibility index (Phi) is 8.51. The Bertz CT molecular complexity index is 1110. The second-order valence-corrected chi connectivity index (χ2v) is 7.59. The summed E-state index contributed by atoms with van der Waals surface area (Å²) >= 11 is 0. The molecule has 0 spiro atoms. The number of carbonyl (C=O) groups is 2. The molecular formula is C27H30N2O5. The van der Waals surface area contributed by atoms with Gasteiger partial charge < -0.3 is 24.8 Å². The average Bonchev–Trinajstić information content (AvgIpc) is 2.83. The highest BCUT2D eigenvalue weighted by Crippen LogP contribution is 2.37. The smallest absolute Gasteiger partial charge is 0.265 e. The number of benzene rings is 3. The number of carbonyl (C=O) groups excluding carboxylic acids is 2. The van der Waals surface area contributed by atoms with Gasteiger partial charge in [0, 0.05) is 17.7 Å². The first kappa shape index (κ1) is 24.6. The molecule has 0 bridgehead atoms. The van der Waals surface area contributed by atoms with Crippen LogP contribution in [0, 0.1) is 6.92 Å². The van der Waals surface area contributed by atoms with E-state index in [2.05, 4.69) is 10.6 Å². The third kappa shape index (κ3) is 6.51. The van der Waals surface area contributed by atoms with E-state index in [4.69, 9.17) is 14.2 Å². The molecule has 1 atom stereocenters. The Hall–Kier alpha value is -4.00. The van der Waals surface area contributed by atoms with Crippen LogP contribution in [-0.2, 0) is 4.79 Å². The molecule has 2 amide bonds. The number of ether oxygens (including phenoxy) is 3. The number of aryl methyl sites for hydroxylation is 1. The van der Waals surface area contributed by atoms with E-state index in [1.807, 2.05) is 51.1 Å². The standard InChI is InChI=1S/C27H30N2O5/c1-5-32-24-17-23(29-27(31)20-10-8-7-9-11-20)25(33-6-2)16-22(24)28-26(30)19(4)34-21-14-12-18(3)13-15-21/h7-17,19H,5-6H2,1-4H3,(H,28,30)(H,29,31). The van der Waals surface area contributed by atoms with Crippen LogP contribution in [0.3, 0.4) is 0 Å². The fourth-order valence-electron chi connectivity index (χ4n) is 3.20. The highest BCUT2D eigenvalue weighted by molar-refractivity contribution is 6.05. The van der Waals surface area contributed by atoms with E-state index in [1.165, 1.54) is 0 Å². The molecule has 0 saturated heterocycles. The molecule has 3 aromatic carbocycles. The van der Waals surface area contributed by atoms with Gasteiger partial charge in [-0.2, -0.15) is 0 Å². The average molecular weight is 463 g/mol. The van der Waals surface area contributed by atoms with Crippen LogP contribution in [0.25, 0.3) is 0 Å². The quantitative estimate of drug-likeness (QED) is 0.418. The van der Waals surface area contributed by atoms with Gasteiger partial charge >= 0.3 is 0 Å². The summed E-state index contributed by atoms with van der Waals surface area (Å²) in [6.07, 6.45) is -0.745. The Balaban J connectivity index is 1.82. The predicted molar refractivity (Wildman–Crippen MR) is 133 cm³/mol.